The largest absolute Gasteiger partial charge is 0.456 e. The summed E-state index contributed by atoms with van der Waals surface area (Å²) in [6.45, 7) is 0. The summed E-state index contributed by atoms with van der Waals surface area (Å²) in [7, 11) is 0. The molecule has 2 nitrogen and oxygen atoms in total. The molecule has 0 aliphatic heterocycles. The number of fused-ring (bicyclic) bond motifs is 6. The maximum absolute atomic E-state index is 6.36. The third kappa shape index (κ3) is 4.04. The molecule has 1 aromatic heterocycles. The smallest absolute Gasteiger partial charge is 0.136 e. The van der Waals surface area contributed by atoms with E-state index in [9.17, 15) is 0 Å². The Morgan fingerprint density at radius 1 is 0.341 bits per heavy atom. The lowest BCUT2D eigenvalue weighted by molar-refractivity contribution is 0.669. The first-order chi connectivity index (χ1) is 21.8. The number of furan rings is 1. The van der Waals surface area contributed by atoms with E-state index in [0.29, 0.717) is 0 Å². The third-order valence-electron chi connectivity index (χ3n) is 8.78. The zero-order valence-electron chi connectivity index (χ0n) is 23.9. The van der Waals surface area contributed by atoms with Gasteiger partial charge in [-0.05, 0) is 98.0 Å². The molecule has 0 radical (unpaired) electrons. The van der Waals surface area contributed by atoms with Crippen LogP contribution in [0.2, 0.25) is 0 Å². The van der Waals surface area contributed by atoms with Crippen LogP contribution < -0.4 is 4.90 Å². The predicted octanol–water partition coefficient (Wildman–Crippen LogP) is 12.2. The molecule has 0 fully saturated rings. The van der Waals surface area contributed by atoms with Crippen molar-refractivity contribution in [3.63, 3.8) is 0 Å². The molecule has 0 spiro atoms. The van der Waals surface area contributed by atoms with Gasteiger partial charge in [-0.2, -0.15) is 0 Å². The highest BCUT2D eigenvalue weighted by Gasteiger charge is 2.17. The Balaban J connectivity index is 1.27. The van der Waals surface area contributed by atoms with Crippen LogP contribution in [0, 0.1) is 0 Å². The van der Waals surface area contributed by atoms with Crippen molar-refractivity contribution >= 4 is 71.3 Å². The molecule has 0 amide bonds. The Kier molecular flexibility index (Phi) is 5.54. The van der Waals surface area contributed by atoms with E-state index in [4.69, 9.17) is 4.42 Å². The summed E-state index contributed by atoms with van der Waals surface area (Å²) in [6, 6.07) is 58.7. The second-order valence-corrected chi connectivity index (χ2v) is 11.4. The number of rotatable bonds is 4. The molecule has 0 aliphatic carbocycles. The minimum atomic E-state index is 0.891. The van der Waals surface area contributed by atoms with Crippen LogP contribution in [-0.4, -0.2) is 0 Å². The minimum absolute atomic E-state index is 0.891. The van der Waals surface area contributed by atoms with E-state index in [2.05, 4.69) is 169 Å². The van der Waals surface area contributed by atoms with Crippen molar-refractivity contribution in [1.82, 2.24) is 0 Å². The molecule has 9 aromatic rings. The molecule has 0 atom stereocenters. The molecule has 0 saturated heterocycles. The fraction of sp³-hybridized carbons (Fsp3) is 0. The average molecular weight is 562 g/mol. The first-order valence-corrected chi connectivity index (χ1v) is 15.0. The zero-order chi connectivity index (χ0) is 29.0. The minimum Gasteiger partial charge on any atom is -0.456 e. The Labute approximate surface area is 255 Å². The monoisotopic (exact) mass is 561 g/mol. The molecule has 9 rings (SSSR count). The average Bonchev–Trinajstić information content (AvgIpc) is 3.44. The van der Waals surface area contributed by atoms with Gasteiger partial charge in [0, 0.05) is 27.8 Å². The number of anilines is 3. The van der Waals surface area contributed by atoms with Gasteiger partial charge in [0.2, 0.25) is 0 Å². The molecule has 0 unspecified atom stereocenters. The molecule has 2 heteroatoms. The third-order valence-corrected chi connectivity index (χ3v) is 8.78. The van der Waals surface area contributed by atoms with E-state index in [1.807, 2.05) is 0 Å². The highest BCUT2D eigenvalue weighted by Crippen LogP contribution is 2.41. The van der Waals surface area contributed by atoms with E-state index in [1.165, 1.54) is 43.4 Å². The van der Waals surface area contributed by atoms with E-state index >= 15 is 0 Å². The fourth-order valence-corrected chi connectivity index (χ4v) is 6.64. The number of hydrogen-bond donors (Lipinski definition) is 0. The number of hydrogen-bond acceptors (Lipinski definition) is 2. The molecule has 0 saturated carbocycles. The maximum atomic E-state index is 6.36. The summed E-state index contributed by atoms with van der Waals surface area (Å²) in [5.74, 6) is 0. The second kappa shape index (κ2) is 9.86. The summed E-state index contributed by atoms with van der Waals surface area (Å²) < 4.78 is 6.36. The topological polar surface area (TPSA) is 16.4 Å². The second-order valence-electron chi connectivity index (χ2n) is 11.4. The SMILES string of the molecule is c1cc(-c2cccc3ccccc23)cc(N(c2ccc3ccccc3c2)c2ccc3oc4cc5ccccc5cc4c3c2)c1. The molecule has 0 aliphatic rings. The van der Waals surface area contributed by atoms with Gasteiger partial charge in [0.05, 0.1) is 0 Å². The summed E-state index contributed by atoms with van der Waals surface area (Å²) in [6.07, 6.45) is 0. The molecule has 8 aromatic carbocycles. The van der Waals surface area contributed by atoms with Crippen molar-refractivity contribution in [2.75, 3.05) is 4.90 Å². The maximum Gasteiger partial charge on any atom is 0.136 e. The highest BCUT2D eigenvalue weighted by atomic mass is 16.3. The number of benzene rings is 8. The van der Waals surface area contributed by atoms with Crippen LogP contribution in [0.4, 0.5) is 17.1 Å². The fourth-order valence-electron chi connectivity index (χ4n) is 6.64. The summed E-state index contributed by atoms with van der Waals surface area (Å²) >= 11 is 0. The van der Waals surface area contributed by atoms with E-state index in [1.54, 1.807) is 0 Å². The lowest BCUT2D eigenvalue weighted by atomic mass is 9.97. The quantitative estimate of drug-likeness (QED) is 0.212. The Morgan fingerprint density at radius 2 is 0.955 bits per heavy atom. The predicted molar refractivity (Wildman–Crippen MR) is 186 cm³/mol. The van der Waals surface area contributed by atoms with Crippen molar-refractivity contribution < 1.29 is 4.42 Å². The molecule has 206 valence electrons. The van der Waals surface area contributed by atoms with Crippen LogP contribution in [0.3, 0.4) is 0 Å². The first kappa shape index (κ1) is 24.7. The molecule has 0 bridgehead atoms. The standard InChI is InChI=1S/C42H27NO/c1-2-11-30-23-35(20-19-28(30)9-1)43(34-16-7-15-33(24-34)38-18-8-14-29-10-5-6-17-37(29)38)36-21-22-41-40(27-36)39-25-31-12-3-4-13-32(31)26-42(39)44-41/h1-27H. The lowest BCUT2D eigenvalue weighted by Crippen LogP contribution is -2.10. The van der Waals surface area contributed by atoms with E-state index < -0.39 is 0 Å². The molecule has 0 N–H and O–H groups in total. The lowest BCUT2D eigenvalue weighted by Gasteiger charge is -2.26. The first-order valence-electron chi connectivity index (χ1n) is 15.0. The van der Waals surface area contributed by atoms with Crippen LogP contribution in [0.25, 0.3) is 65.4 Å². The van der Waals surface area contributed by atoms with Gasteiger partial charge in [-0.1, -0.05) is 109 Å². The zero-order valence-corrected chi connectivity index (χ0v) is 23.9. The van der Waals surface area contributed by atoms with Crippen LogP contribution in [0.15, 0.2) is 168 Å². The summed E-state index contributed by atoms with van der Waals surface area (Å²) in [4.78, 5) is 2.36. The van der Waals surface area contributed by atoms with Gasteiger partial charge in [0.1, 0.15) is 11.2 Å². The summed E-state index contributed by atoms with van der Waals surface area (Å²) in [5.41, 5.74) is 7.50. The van der Waals surface area contributed by atoms with Gasteiger partial charge in [0.25, 0.3) is 0 Å². The van der Waals surface area contributed by atoms with Gasteiger partial charge >= 0.3 is 0 Å². The van der Waals surface area contributed by atoms with Crippen LogP contribution in [-0.2, 0) is 0 Å². The van der Waals surface area contributed by atoms with Crippen molar-refractivity contribution in [3.05, 3.63) is 164 Å². The number of nitrogens with zero attached hydrogens (tertiary/aromatic N) is 1. The molecular formula is C42H27NO. The molecule has 1 heterocycles. The van der Waals surface area contributed by atoms with Gasteiger partial charge in [-0.3, -0.25) is 0 Å². The highest BCUT2D eigenvalue weighted by molar-refractivity contribution is 6.11. The Hall–Kier alpha value is -5.86. The van der Waals surface area contributed by atoms with Crippen molar-refractivity contribution in [2.45, 2.75) is 0 Å². The van der Waals surface area contributed by atoms with Crippen LogP contribution >= 0.6 is 0 Å². The van der Waals surface area contributed by atoms with Crippen molar-refractivity contribution in [3.8, 4) is 11.1 Å². The molecule has 44 heavy (non-hydrogen) atoms. The van der Waals surface area contributed by atoms with Gasteiger partial charge < -0.3 is 9.32 Å². The van der Waals surface area contributed by atoms with Gasteiger partial charge in [-0.25, -0.2) is 0 Å². The summed E-state index contributed by atoms with van der Waals surface area (Å²) in [5, 5.41) is 9.56. The Morgan fingerprint density at radius 3 is 1.82 bits per heavy atom. The van der Waals surface area contributed by atoms with Crippen LogP contribution in [0.1, 0.15) is 0 Å². The van der Waals surface area contributed by atoms with Gasteiger partial charge in [0.15, 0.2) is 0 Å². The van der Waals surface area contributed by atoms with Gasteiger partial charge in [-0.15, -0.1) is 0 Å². The normalized spacial score (nSPS) is 11.6. The van der Waals surface area contributed by atoms with Crippen molar-refractivity contribution in [1.29, 1.82) is 0 Å². The molecular weight excluding hydrogens is 534 g/mol. The van der Waals surface area contributed by atoms with Crippen LogP contribution in [0.5, 0.6) is 0 Å². The van der Waals surface area contributed by atoms with E-state index in [-0.39, 0.29) is 0 Å². The van der Waals surface area contributed by atoms with Crippen molar-refractivity contribution in [2.24, 2.45) is 0 Å². The van der Waals surface area contributed by atoms with E-state index in [0.717, 1.165) is 39.0 Å². The Bertz CT molecular complexity index is 2520.